The molecule has 6 heteroatoms. The van der Waals surface area contributed by atoms with Gasteiger partial charge in [0.1, 0.15) is 0 Å². The van der Waals surface area contributed by atoms with E-state index in [9.17, 15) is 9.59 Å². The predicted octanol–water partition coefficient (Wildman–Crippen LogP) is 2.93. The van der Waals surface area contributed by atoms with Gasteiger partial charge in [-0.25, -0.2) is 4.79 Å². The average molecular weight is 333 g/mol. The van der Waals surface area contributed by atoms with Gasteiger partial charge in [0.15, 0.2) is 0 Å². The van der Waals surface area contributed by atoms with Crippen molar-refractivity contribution in [2.75, 3.05) is 31.6 Å². The van der Waals surface area contributed by atoms with Crippen LogP contribution in [0.5, 0.6) is 0 Å². The van der Waals surface area contributed by atoms with Gasteiger partial charge in [0.25, 0.3) is 5.91 Å². The van der Waals surface area contributed by atoms with Crippen LogP contribution in [0.25, 0.3) is 0 Å². The van der Waals surface area contributed by atoms with Crippen LogP contribution in [-0.4, -0.2) is 38.2 Å². The number of unbranched alkanes of at least 4 members (excludes halogenated alkanes) is 1. The van der Waals surface area contributed by atoms with Crippen LogP contribution < -0.4 is 16.0 Å². The monoisotopic (exact) mass is 333 g/mol. The van der Waals surface area contributed by atoms with Gasteiger partial charge in [0.05, 0.1) is 0 Å². The summed E-state index contributed by atoms with van der Waals surface area (Å²) in [5, 5.41) is 8.18. The van der Waals surface area contributed by atoms with Crippen LogP contribution in [0.4, 0.5) is 10.5 Å². The topological polar surface area (TPSA) is 79.5 Å². The fourth-order valence-electron chi connectivity index (χ4n) is 1.87. The highest BCUT2D eigenvalue weighted by Gasteiger charge is 2.05. The summed E-state index contributed by atoms with van der Waals surface area (Å²) >= 11 is 0. The lowest BCUT2D eigenvalue weighted by atomic mass is 10.2. The van der Waals surface area contributed by atoms with Crippen molar-refractivity contribution in [2.24, 2.45) is 0 Å². The molecule has 0 unspecified atom stereocenters. The van der Waals surface area contributed by atoms with Gasteiger partial charge in [-0.2, -0.15) is 0 Å². The first kappa shape index (κ1) is 19.7. The number of ether oxygens (including phenoxy) is 1. The molecule has 0 radical (unpaired) electrons. The van der Waals surface area contributed by atoms with Gasteiger partial charge < -0.3 is 20.7 Å². The maximum Gasteiger partial charge on any atom is 0.319 e. The summed E-state index contributed by atoms with van der Waals surface area (Å²) in [5.41, 5.74) is 1.17. The Hall–Kier alpha value is -2.34. The average Bonchev–Trinajstić information content (AvgIpc) is 2.59. The van der Waals surface area contributed by atoms with E-state index >= 15 is 0 Å². The van der Waals surface area contributed by atoms with Crippen molar-refractivity contribution < 1.29 is 14.3 Å². The smallest absolute Gasteiger partial charge is 0.319 e. The first-order chi connectivity index (χ1) is 11.7. The first-order valence-electron chi connectivity index (χ1n) is 8.29. The molecule has 0 spiro atoms. The zero-order valence-electron chi connectivity index (χ0n) is 14.3. The highest BCUT2D eigenvalue weighted by Crippen LogP contribution is 2.09. The fraction of sp³-hybridized carbons (Fsp3) is 0.444. The molecule has 6 nitrogen and oxygen atoms in total. The molecule has 3 N–H and O–H groups in total. The minimum Gasteiger partial charge on any atom is -0.381 e. The van der Waals surface area contributed by atoms with Crippen LogP contribution in [0.15, 0.2) is 36.9 Å². The summed E-state index contributed by atoms with van der Waals surface area (Å²) < 4.78 is 5.42. The number of carbonyl (C=O) groups is 2. The zero-order chi connectivity index (χ0) is 17.6. The number of hydrogen-bond acceptors (Lipinski definition) is 3. The second-order valence-electron chi connectivity index (χ2n) is 5.28. The minimum absolute atomic E-state index is 0.172. The molecule has 3 amide bonds. The van der Waals surface area contributed by atoms with Crippen molar-refractivity contribution in [1.29, 1.82) is 0 Å². The van der Waals surface area contributed by atoms with Gasteiger partial charge >= 0.3 is 6.03 Å². The number of nitrogens with one attached hydrogen (secondary N) is 3. The van der Waals surface area contributed by atoms with Crippen LogP contribution in [0.2, 0.25) is 0 Å². The van der Waals surface area contributed by atoms with Crippen molar-refractivity contribution in [3.63, 3.8) is 0 Å². The van der Waals surface area contributed by atoms with E-state index in [1.54, 1.807) is 30.3 Å². The maximum absolute atomic E-state index is 11.8. The van der Waals surface area contributed by atoms with Crippen LogP contribution in [0, 0.1) is 0 Å². The highest BCUT2D eigenvalue weighted by atomic mass is 16.5. The molecule has 0 atom stereocenters. The van der Waals surface area contributed by atoms with E-state index in [4.69, 9.17) is 4.74 Å². The van der Waals surface area contributed by atoms with Gasteiger partial charge in [-0.15, -0.1) is 6.58 Å². The molecule has 0 bridgehead atoms. The number of hydrogen-bond donors (Lipinski definition) is 3. The summed E-state index contributed by atoms with van der Waals surface area (Å²) in [6, 6.07) is 6.44. The molecular formula is C18H27N3O3. The third-order valence-electron chi connectivity index (χ3n) is 3.21. The van der Waals surface area contributed by atoms with Crippen LogP contribution in [0.3, 0.4) is 0 Å². The number of amides is 3. The summed E-state index contributed by atoms with van der Waals surface area (Å²) in [5.74, 6) is -0.172. The molecule has 0 fully saturated rings. The molecule has 1 aromatic rings. The van der Waals surface area contributed by atoms with E-state index in [-0.39, 0.29) is 11.9 Å². The third kappa shape index (κ3) is 8.33. The van der Waals surface area contributed by atoms with E-state index in [1.807, 2.05) is 0 Å². The molecule has 0 aromatic heterocycles. The largest absolute Gasteiger partial charge is 0.381 e. The van der Waals surface area contributed by atoms with E-state index in [1.165, 1.54) is 0 Å². The molecule has 0 aliphatic heterocycles. The fourth-order valence-corrected chi connectivity index (χ4v) is 1.87. The zero-order valence-corrected chi connectivity index (χ0v) is 14.3. The highest BCUT2D eigenvalue weighted by molar-refractivity contribution is 5.95. The van der Waals surface area contributed by atoms with Gasteiger partial charge in [-0.3, -0.25) is 4.79 Å². The summed E-state index contributed by atoms with van der Waals surface area (Å²) in [6.07, 6.45) is 4.58. The summed E-state index contributed by atoms with van der Waals surface area (Å²) in [7, 11) is 0. The molecule has 0 saturated heterocycles. The molecule has 132 valence electrons. The molecule has 1 rings (SSSR count). The molecular weight excluding hydrogens is 306 g/mol. The molecule has 0 saturated carbocycles. The Kier molecular flexibility index (Phi) is 9.96. The number of urea groups is 1. The summed E-state index contributed by atoms with van der Waals surface area (Å²) in [4.78, 5) is 23.5. The lowest BCUT2D eigenvalue weighted by molar-refractivity contribution is 0.0958. The summed E-state index contributed by atoms with van der Waals surface area (Å²) in [6.45, 7) is 8.06. The Labute approximate surface area is 143 Å². The van der Waals surface area contributed by atoms with Gasteiger partial charge in [0.2, 0.25) is 0 Å². The molecule has 0 aliphatic carbocycles. The minimum atomic E-state index is -0.271. The second-order valence-corrected chi connectivity index (χ2v) is 5.28. The molecule has 0 aliphatic rings. The molecule has 24 heavy (non-hydrogen) atoms. The Morgan fingerprint density at radius 3 is 2.50 bits per heavy atom. The lowest BCUT2D eigenvalue weighted by Crippen LogP contribution is -2.30. The lowest BCUT2D eigenvalue weighted by Gasteiger charge is -2.09. The van der Waals surface area contributed by atoms with E-state index in [0.717, 1.165) is 25.9 Å². The quantitative estimate of drug-likeness (QED) is 0.430. The molecule has 1 aromatic carbocycles. The van der Waals surface area contributed by atoms with Crippen LogP contribution in [-0.2, 0) is 4.74 Å². The Morgan fingerprint density at radius 2 is 1.83 bits per heavy atom. The standard InChI is InChI=1S/C18H27N3O3/c1-3-5-13-24-14-6-12-20-18(23)21-16-9-7-15(8-10-16)17(22)19-11-4-2/h4,7-10H,2-3,5-6,11-14H2,1H3,(H,19,22)(H2,20,21,23). The van der Waals surface area contributed by atoms with Gasteiger partial charge in [-0.05, 0) is 37.1 Å². The number of rotatable bonds is 11. The second kappa shape index (κ2) is 12.1. The Balaban J connectivity index is 2.24. The maximum atomic E-state index is 11.8. The Morgan fingerprint density at radius 1 is 1.12 bits per heavy atom. The molecule has 0 heterocycles. The van der Waals surface area contributed by atoms with Crippen molar-refractivity contribution in [1.82, 2.24) is 10.6 Å². The number of anilines is 1. The number of benzene rings is 1. The van der Waals surface area contributed by atoms with E-state index in [0.29, 0.717) is 30.9 Å². The van der Waals surface area contributed by atoms with Crippen molar-refractivity contribution in [3.05, 3.63) is 42.5 Å². The normalized spacial score (nSPS) is 10.0. The van der Waals surface area contributed by atoms with Gasteiger partial charge in [-0.1, -0.05) is 19.4 Å². The van der Waals surface area contributed by atoms with Crippen molar-refractivity contribution in [2.45, 2.75) is 26.2 Å². The van der Waals surface area contributed by atoms with Crippen molar-refractivity contribution in [3.8, 4) is 0 Å². The predicted molar refractivity (Wildman–Crippen MR) is 96.3 cm³/mol. The SMILES string of the molecule is C=CCNC(=O)c1ccc(NC(=O)NCCCOCCCC)cc1. The number of carbonyl (C=O) groups excluding carboxylic acids is 2. The van der Waals surface area contributed by atoms with Crippen LogP contribution >= 0.6 is 0 Å². The van der Waals surface area contributed by atoms with Crippen LogP contribution in [0.1, 0.15) is 36.5 Å². The van der Waals surface area contributed by atoms with Crippen molar-refractivity contribution >= 4 is 17.6 Å². The Bertz CT molecular complexity index is 515. The van der Waals surface area contributed by atoms with Gasteiger partial charge in [0, 0.05) is 37.6 Å². The van der Waals surface area contributed by atoms with E-state index < -0.39 is 0 Å². The van der Waals surface area contributed by atoms with E-state index in [2.05, 4.69) is 29.5 Å². The first-order valence-corrected chi connectivity index (χ1v) is 8.29. The third-order valence-corrected chi connectivity index (χ3v) is 3.21.